The largest absolute Gasteiger partial charge is 0.379 e. The van der Waals surface area contributed by atoms with Crippen LogP contribution in [0.25, 0.3) is 0 Å². The van der Waals surface area contributed by atoms with E-state index in [1.807, 2.05) is 0 Å². The van der Waals surface area contributed by atoms with E-state index in [-0.39, 0.29) is 11.0 Å². The van der Waals surface area contributed by atoms with Gasteiger partial charge in [-0.2, -0.15) is 5.10 Å². The van der Waals surface area contributed by atoms with E-state index in [4.69, 9.17) is 11.6 Å². The van der Waals surface area contributed by atoms with Crippen LogP contribution in [0.2, 0.25) is 5.02 Å². The van der Waals surface area contributed by atoms with Crippen molar-refractivity contribution in [1.29, 1.82) is 0 Å². The van der Waals surface area contributed by atoms with Crippen LogP contribution >= 0.6 is 11.6 Å². The molecule has 1 aromatic rings. The predicted molar refractivity (Wildman–Crippen MR) is 78.8 cm³/mol. The minimum absolute atomic E-state index is 0.105. The van der Waals surface area contributed by atoms with Crippen LogP contribution in [0.15, 0.2) is 11.0 Å². The summed E-state index contributed by atoms with van der Waals surface area (Å²) in [5.41, 5.74) is 0.519. The normalized spacial score (nSPS) is 15.6. The van der Waals surface area contributed by atoms with Crippen molar-refractivity contribution < 1.29 is 0 Å². The van der Waals surface area contributed by atoms with Gasteiger partial charge in [0.2, 0.25) is 0 Å². The molecule has 0 aromatic carbocycles. The van der Waals surface area contributed by atoms with Gasteiger partial charge in [0.05, 0.1) is 11.2 Å². The molecule has 0 amide bonds. The Kier molecular flexibility index (Phi) is 4.19. The molecule has 1 aliphatic rings. The molecule has 1 saturated carbocycles. The van der Waals surface area contributed by atoms with Gasteiger partial charge in [-0.1, -0.05) is 32.4 Å². The number of aromatic nitrogens is 2. The summed E-state index contributed by atoms with van der Waals surface area (Å²) in [5.74, 6) is 0.617. The third-order valence-electron chi connectivity index (χ3n) is 3.83. The Balaban J connectivity index is 2.16. The first-order chi connectivity index (χ1) is 8.93. The van der Waals surface area contributed by atoms with Crippen LogP contribution in [0.1, 0.15) is 40.0 Å². The Hall–Kier alpha value is -1.03. The van der Waals surface area contributed by atoms with Gasteiger partial charge >= 0.3 is 0 Å². The summed E-state index contributed by atoms with van der Waals surface area (Å²) in [5, 5.41) is 7.72. The molecule has 19 heavy (non-hydrogen) atoms. The van der Waals surface area contributed by atoms with Crippen LogP contribution in [-0.2, 0) is 6.54 Å². The van der Waals surface area contributed by atoms with E-state index < -0.39 is 0 Å². The lowest BCUT2D eigenvalue weighted by Gasteiger charge is -2.23. The van der Waals surface area contributed by atoms with E-state index in [1.165, 1.54) is 17.5 Å². The lowest BCUT2D eigenvalue weighted by Crippen LogP contribution is -2.30. The SMILES string of the molecule is CCC(C)(C)CNc1c(Cl)cnn(CC2CC2)c1=O. The van der Waals surface area contributed by atoms with Crippen LogP contribution in [0.5, 0.6) is 0 Å². The fourth-order valence-corrected chi connectivity index (χ4v) is 1.95. The molecule has 0 atom stereocenters. The molecule has 0 radical (unpaired) electrons. The monoisotopic (exact) mass is 283 g/mol. The van der Waals surface area contributed by atoms with Gasteiger partial charge in [0, 0.05) is 13.1 Å². The van der Waals surface area contributed by atoms with Crippen molar-refractivity contribution in [2.75, 3.05) is 11.9 Å². The van der Waals surface area contributed by atoms with Crippen LogP contribution < -0.4 is 10.9 Å². The minimum atomic E-state index is -0.105. The smallest absolute Gasteiger partial charge is 0.291 e. The minimum Gasteiger partial charge on any atom is -0.379 e. The third-order valence-corrected chi connectivity index (χ3v) is 4.11. The number of hydrogen-bond acceptors (Lipinski definition) is 3. The van der Waals surface area contributed by atoms with Crippen molar-refractivity contribution in [1.82, 2.24) is 9.78 Å². The van der Waals surface area contributed by atoms with E-state index in [0.29, 0.717) is 23.2 Å². The van der Waals surface area contributed by atoms with Gasteiger partial charge in [0.15, 0.2) is 0 Å². The standard InChI is InChI=1S/C14H22ClN3O/c1-4-14(2,3)9-16-12-11(15)7-17-18(13(12)19)8-10-5-6-10/h7,10,16H,4-6,8-9H2,1-3H3. The quantitative estimate of drug-likeness (QED) is 0.872. The number of nitrogens with one attached hydrogen (secondary N) is 1. The molecular formula is C14H22ClN3O. The van der Waals surface area contributed by atoms with Gasteiger partial charge in [-0.05, 0) is 30.6 Å². The van der Waals surface area contributed by atoms with Crippen molar-refractivity contribution in [3.63, 3.8) is 0 Å². The lowest BCUT2D eigenvalue weighted by atomic mass is 9.90. The highest BCUT2D eigenvalue weighted by Crippen LogP contribution is 2.30. The molecular weight excluding hydrogens is 262 g/mol. The molecule has 1 heterocycles. The van der Waals surface area contributed by atoms with Gasteiger partial charge in [-0.25, -0.2) is 4.68 Å². The highest BCUT2D eigenvalue weighted by Gasteiger charge is 2.24. The summed E-state index contributed by atoms with van der Waals surface area (Å²) in [7, 11) is 0. The van der Waals surface area contributed by atoms with Crippen molar-refractivity contribution in [2.45, 2.75) is 46.6 Å². The van der Waals surface area contributed by atoms with Gasteiger partial charge in [-0.15, -0.1) is 0 Å². The summed E-state index contributed by atoms with van der Waals surface area (Å²) >= 11 is 6.09. The van der Waals surface area contributed by atoms with Crippen molar-refractivity contribution in [3.8, 4) is 0 Å². The molecule has 0 saturated heterocycles. The number of halogens is 1. The predicted octanol–water partition coefficient (Wildman–Crippen LogP) is 3.15. The number of nitrogens with zero attached hydrogens (tertiary/aromatic N) is 2. The Morgan fingerprint density at radius 2 is 2.21 bits per heavy atom. The zero-order valence-corrected chi connectivity index (χ0v) is 12.6. The Morgan fingerprint density at radius 1 is 1.53 bits per heavy atom. The Labute approximate surface area is 119 Å². The van der Waals surface area contributed by atoms with Gasteiger partial charge in [0.1, 0.15) is 5.69 Å². The maximum atomic E-state index is 12.3. The zero-order valence-electron chi connectivity index (χ0n) is 11.9. The Bertz CT molecular complexity index is 506. The van der Waals surface area contributed by atoms with Crippen LogP contribution in [0.4, 0.5) is 5.69 Å². The molecule has 1 aliphatic carbocycles. The molecule has 0 unspecified atom stereocenters. The summed E-state index contributed by atoms with van der Waals surface area (Å²) in [6.45, 7) is 7.91. The maximum Gasteiger partial charge on any atom is 0.291 e. The van der Waals surface area contributed by atoms with Crippen molar-refractivity contribution >= 4 is 17.3 Å². The first-order valence-electron chi connectivity index (χ1n) is 6.92. The van der Waals surface area contributed by atoms with E-state index >= 15 is 0 Å². The summed E-state index contributed by atoms with van der Waals surface area (Å²) in [6, 6.07) is 0. The number of anilines is 1. The molecule has 1 N–H and O–H groups in total. The van der Waals surface area contributed by atoms with E-state index in [9.17, 15) is 4.79 Å². The topological polar surface area (TPSA) is 46.9 Å². The summed E-state index contributed by atoms with van der Waals surface area (Å²) in [4.78, 5) is 12.3. The second-order valence-corrected chi connectivity index (χ2v) is 6.58. The number of rotatable bonds is 6. The van der Waals surface area contributed by atoms with Crippen LogP contribution in [0.3, 0.4) is 0 Å². The molecule has 0 spiro atoms. The molecule has 0 aliphatic heterocycles. The summed E-state index contributed by atoms with van der Waals surface area (Å²) in [6.07, 6.45) is 5.00. The molecule has 1 aromatic heterocycles. The van der Waals surface area contributed by atoms with E-state index in [0.717, 1.165) is 13.0 Å². The first kappa shape index (κ1) is 14.4. The third kappa shape index (κ3) is 3.72. The fourth-order valence-electron chi connectivity index (χ4n) is 1.76. The molecule has 106 valence electrons. The molecule has 0 bridgehead atoms. The van der Waals surface area contributed by atoms with Crippen LogP contribution in [0, 0.1) is 11.3 Å². The molecule has 5 heteroatoms. The average Bonchev–Trinajstić information content (AvgIpc) is 3.16. The fraction of sp³-hybridized carbons (Fsp3) is 0.714. The lowest BCUT2D eigenvalue weighted by molar-refractivity contribution is 0.376. The van der Waals surface area contributed by atoms with Gasteiger partial charge < -0.3 is 5.32 Å². The first-order valence-corrected chi connectivity index (χ1v) is 7.30. The molecule has 4 nitrogen and oxygen atoms in total. The zero-order chi connectivity index (χ0) is 14.0. The highest BCUT2D eigenvalue weighted by molar-refractivity contribution is 6.32. The number of hydrogen-bond donors (Lipinski definition) is 1. The van der Waals surface area contributed by atoms with E-state index in [1.54, 1.807) is 6.20 Å². The highest BCUT2D eigenvalue weighted by atomic mass is 35.5. The van der Waals surface area contributed by atoms with Crippen molar-refractivity contribution in [3.05, 3.63) is 21.6 Å². The second-order valence-electron chi connectivity index (χ2n) is 6.17. The summed E-state index contributed by atoms with van der Waals surface area (Å²) < 4.78 is 1.53. The van der Waals surface area contributed by atoms with Gasteiger partial charge in [0.25, 0.3) is 5.56 Å². The average molecular weight is 284 g/mol. The van der Waals surface area contributed by atoms with Crippen molar-refractivity contribution in [2.24, 2.45) is 11.3 Å². The molecule has 2 rings (SSSR count). The van der Waals surface area contributed by atoms with Gasteiger partial charge in [-0.3, -0.25) is 4.79 Å². The van der Waals surface area contributed by atoms with E-state index in [2.05, 4.69) is 31.2 Å². The van der Waals surface area contributed by atoms with Crippen LogP contribution in [-0.4, -0.2) is 16.3 Å². The maximum absolute atomic E-state index is 12.3. The molecule has 1 fully saturated rings. The second kappa shape index (κ2) is 5.53. The Morgan fingerprint density at radius 3 is 2.79 bits per heavy atom.